The average Bonchev–Trinajstić information content (AvgIpc) is 3.00. The van der Waals surface area contributed by atoms with Gasteiger partial charge in [0.05, 0.1) is 11.6 Å². The van der Waals surface area contributed by atoms with Crippen LogP contribution >= 0.6 is 0 Å². The average molecular weight is 469 g/mol. The Morgan fingerprint density at radius 2 is 1.82 bits per heavy atom. The third-order valence-electron chi connectivity index (χ3n) is 7.37. The summed E-state index contributed by atoms with van der Waals surface area (Å²) >= 11 is 0. The van der Waals surface area contributed by atoms with Crippen molar-refractivity contribution < 1.29 is 14.7 Å². The maximum Gasteiger partial charge on any atom is 0.264 e. The van der Waals surface area contributed by atoms with Crippen LogP contribution in [0.15, 0.2) is 35.1 Å². The Morgan fingerprint density at radius 3 is 2.44 bits per heavy atom. The summed E-state index contributed by atoms with van der Waals surface area (Å²) in [5.41, 5.74) is 0.758. The molecule has 34 heavy (non-hydrogen) atoms. The zero-order valence-electron chi connectivity index (χ0n) is 20.5. The fourth-order valence-corrected chi connectivity index (χ4v) is 5.66. The van der Waals surface area contributed by atoms with E-state index >= 15 is 0 Å². The molecule has 2 bridgehead atoms. The molecule has 2 saturated heterocycles. The fourth-order valence-electron chi connectivity index (χ4n) is 5.66. The van der Waals surface area contributed by atoms with E-state index in [0.717, 1.165) is 36.6 Å². The standard InChI is InChI=1S/C26H36N4O4/c1-16(2)30-24-8-6-5-7-18(24)11-23(26(30)34)25(33)27-19-12-20-9-10-21(13-19)29(20)15-22(32)14-28(4)17(3)31/h5-8,11,16,19-22,32H,9-10,12-15H2,1-4H3,(H,27,33)/t19-,20-,21+,22?. The molecular weight excluding hydrogens is 432 g/mol. The van der Waals surface area contributed by atoms with Crippen LogP contribution < -0.4 is 10.9 Å². The van der Waals surface area contributed by atoms with Crippen molar-refractivity contribution in [3.05, 3.63) is 46.2 Å². The van der Waals surface area contributed by atoms with E-state index in [4.69, 9.17) is 0 Å². The molecule has 8 nitrogen and oxygen atoms in total. The molecule has 0 aliphatic carbocycles. The number of nitrogens with one attached hydrogen (secondary N) is 1. The number of nitrogens with zero attached hydrogens (tertiary/aromatic N) is 3. The van der Waals surface area contributed by atoms with Gasteiger partial charge in [-0.05, 0) is 57.0 Å². The number of pyridine rings is 1. The molecule has 8 heteroatoms. The Labute approximate surface area is 200 Å². The Balaban J connectivity index is 1.45. The zero-order valence-corrected chi connectivity index (χ0v) is 20.5. The van der Waals surface area contributed by atoms with Gasteiger partial charge in [-0.25, -0.2) is 0 Å². The van der Waals surface area contributed by atoms with Crippen molar-refractivity contribution in [3.8, 4) is 0 Å². The van der Waals surface area contributed by atoms with Crippen LogP contribution in [-0.2, 0) is 4.79 Å². The minimum atomic E-state index is -0.602. The predicted molar refractivity (Wildman–Crippen MR) is 132 cm³/mol. The highest BCUT2D eigenvalue weighted by Gasteiger charge is 2.42. The summed E-state index contributed by atoms with van der Waals surface area (Å²) in [5, 5.41) is 14.5. The number of benzene rings is 1. The number of hydrogen-bond donors (Lipinski definition) is 2. The first-order valence-electron chi connectivity index (χ1n) is 12.3. The number of aliphatic hydroxyl groups excluding tert-OH is 1. The molecule has 2 aliphatic rings. The molecule has 2 fully saturated rings. The number of amides is 2. The largest absolute Gasteiger partial charge is 0.390 e. The van der Waals surface area contributed by atoms with Gasteiger partial charge in [-0.3, -0.25) is 19.3 Å². The molecule has 2 N–H and O–H groups in total. The van der Waals surface area contributed by atoms with Crippen molar-refractivity contribution in [2.24, 2.45) is 0 Å². The van der Waals surface area contributed by atoms with Crippen molar-refractivity contribution >= 4 is 22.7 Å². The van der Waals surface area contributed by atoms with Crippen LogP contribution in [0.1, 0.15) is 62.9 Å². The molecule has 2 aliphatic heterocycles. The van der Waals surface area contributed by atoms with E-state index in [-0.39, 0.29) is 47.1 Å². The molecule has 0 radical (unpaired) electrons. The number of aliphatic hydroxyl groups is 1. The van der Waals surface area contributed by atoms with E-state index < -0.39 is 6.10 Å². The number of piperidine rings is 1. The summed E-state index contributed by atoms with van der Waals surface area (Å²) in [7, 11) is 1.70. The summed E-state index contributed by atoms with van der Waals surface area (Å²) in [6, 6.07) is 9.86. The molecule has 4 atom stereocenters. The highest BCUT2D eigenvalue weighted by molar-refractivity contribution is 5.97. The maximum absolute atomic E-state index is 13.2. The minimum absolute atomic E-state index is 0.00310. The van der Waals surface area contributed by atoms with Gasteiger partial charge in [-0.15, -0.1) is 0 Å². The summed E-state index contributed by atoms with van der Waals surface area (Å²) in [6.07, 6.45) is 3.05. The first-order valence-corrected chi connectivity index (χ1v) is 12.3. The van der Waals surface area contributed by atoms with Gasteiger partial charge in [-0.1, -0.05) is 18.2 Å². The van der Waals surface area contributed by atoms with E-state index in [1.54, 1.807) is 17.7 Å². The SMILES string of the molecule is CC(=O)N(C)CC(O)CN1[C@@H]2CC[C@H]1C[C@H](NC(=O)c1cc3ccccc3n(C(C)C)c1=O)C2. The third kappa shape index (κ3) is 4.88. The summed E-state index contributed by atoms with van der Waals surface area (Å²) in [4.78, 5) is 41.7. The van der Waals surface area contributed by atoms with Crippen LogP contribution in [0.5, 0.6) is 0 Å². The van der Waals surface area contributed by atoms with Gasteiger partial charge < -0.3 is 19.9 Å². The van der Waals surface area contributed by atoms with Gasteiger partial charge in [0.15, 0.2) is 0 Å². The molecule has 4 rings (SSSR count). The van der Waals surface area contributed by atoms with Crippen LogP contribution in [0.25, 0.3) is 10.9 Å². The van der Waals surface area contributed by atoms with Crippen LogP contribution in [0, 0.1) is 0 Å². The number of fused-ring (bicyclic) bond motifs is 3. The lowest BCUT2D eigenvalue weighted by Gasteiger charge is -2.40. The molecule has 0 saturated carbocycles. The lowest BCUT2D eigenvalue weighted by atomic mass is 9.96. The number of rotatable bonds is 7. The van der Waals surface area contributed by atoms with E-state index in [9.17, 15) is 19.5 Å². The highest BCUT2D eigenvalue weighted by Crippen LogP contribution is 2.36. The Hall–Kier alpha value is -2.71. The van der Waals surface area contributed by atoms with Crippen LogP contribution in [-0.4, -0.2) is 75.7 Å². The van der Waals surface area contributed by atoms with Crippen LogP contribution in [0.2, 0.25) is 0 Å². The van der Waals surface area contributed by atoms with Crippen molar-refractivity contribution in [2.75, 3.05) is 20.1 Å². The monoisotopic (exact) mass is 468 g/mol. The van der Waals surface area contributed by atoms with E-state index in [1.165, 1.54) is 11.8 Å². The van der Waals surface area contributed by atoms with Gasteiger partial charge in [0, 0.05) is 51.2 Å². The maximum atomic E-state index is 13.2. The van der Waals surface area contributed by atoms with Crippen molar-refractivity contribution in [1.29, 1.82) is 0 Å². The number of likely N-dealkylation sites (N-methyl/N-ethyl adjacent to an activating group) is 1. The van der Waals surface area contributed by atoms with Gasteiger partial charge in [-0.2, -0.15) is 0 Å². The molecule has 0 spiro atoms. The molecule has 3 heterocycles. The smallest absolute Gasteiger partial charge is 0.264 e. The quantitative estimate of drug-likeness (QED) is 0.649. The second kappa shape index (κ2) is 9.88. The van der Waals surface area contributed by atoms with Gasteiger partial charge >= 0.3 is 0 Å². The highest BCUT2D eigenvalue weighted by atomic mass is 16.3. The molecule has 184 valence electrons. The first-order chi connectivity index (χ1) is 16.2. The lowest BCUT2D eigenvalue weighted by Crippen LogP contribution is -2.53. The zero-order chi connectivity index (χ0) is 24.6. The van der Waals surface area contributed by atoms with Gasteiger partial charge in [0.25, 0.3) is 11.5 Å². The molecule has 1 aromatic heterocycles. The predicted octanol–water partition coefficient (Wildman–Crippen LogP) is 2.15. The van der Waals surface area contributed by atoms with E-state index in [0.29, 0.717) is 13.1 Å². The van der Waals surface area contributed by atoms with Gasteiger partial charge in [0.1, 0.15) is 5.56 Å². The normalized spacial score (nSPS) is 23.3. The second-order valence-electron chi connectivity index (χ2n) is 10.2. The van der Waals surface area contributed by atoms with Crippen LogP contribution in [0.4, 0.5) is 0 Å². The van der Waals surface area contributed by atoms with Crippen molar-refractivity contribution in [2.45, 2.75) is 76.7 Å². The number of carbonyl (C=O) groups is 2. The summed E-state index contributed by atoms with van der Waals surface area (Å²) < 4.78 is 1.69. The molecule has 1 aromatic carbocycles. The number of aromatic nitrogens is 1. The molecule has 2 amide bonds. The molecule has 1 unspecified atom stereocenters. The molecule has 2 aromatic rings. The molecular formula is C26H36N4O4. The third-order valence-corrected chi connectivity index (χ3v) is 7.37. The Kier molecular flexibility index (Phi) is 7.09. The second-order valence-corrected chi connectivity index (χ2v) is 10.2. The Bertz CT molecular complexity index is 1110. The van der Waals surface area contributed by atoms with Crippen molar-refractivity contribution in [3.63, 3.8) is 0 Å². The Morgan fingerprint density at radius 1 is 1.18 bits per heavy atom. The summed E-state index contributed by atoms with van der Waals surface area (Å²) in [6.45, 7) is 6.24. The number of carbonyl (C=O) groups excluding carboxylic acids is 2. The van der Waals surface area contributed by atoms with E-state index in [2.05, 4.69) is 10.2 Å². The topological polar surface area (TPSA) is 94.9 Å². The summed E-state index contributed by atoms with van der Waals surface area (Å²) in [5.74, 6) is -0.375. The first kappa shape index (κ1) is 24.4. The van der Waals surface area contributed by atoms with Gasteiger partial charge in [0.2, 0.25) is 5.91 Å². The van der Waals surface area contributed by atoms with Crippen molar-refractivity contribution in [1.82, 2.24) is 19.7 Å². The fraction of sp³-hybridized carbons (Fsp3) is 0.577. The number of hydrogen-bond acceptors (Lipinski definition) is 5. The lowest BCUT2D eigenvalue weighted by molar-refractivity contribution is -0.129. The van der Waals surface area contributed by atoms with Crippen LogP contribution in [0.3, 0.4) is 0 Å². The number of para-hydroxylation sites is 1. The van der Waals surface area contributed by atoms with E-state index in [1.807, 2.05) is 38.1 Å². The minimum Gasteiger partial charge on any atom is -0.390 e.